The summed E-state index contributed by atoms with van der Waals surface area (Å²) in [5.74, 6) is -2.62. The molecule has 1 amide bonds. The fraction of sp³-hybridized carbons (Fsp3) is 0.333. The third kappa shape index (κ3) is 3.52. The monoisotopic (exact) mass is 361 g/mol. The number of esters is 1. The number of nitrogens with zero attached hydrogens (tertiary/aromatic N) is 5. The van der Waals surface area contributed by atoms with Crippen molar-refractivity contribution in [2.45, 2.75) is 19.1 Å². The topological polar surface area (TPSA) is 137 Å². The van der Waals surface area contributed by atoms with Gasteiger partial charge in [-0.3, -0.25) is 14.5 Å². The summed E-state index contributed by atoms with van der Waals surface area (Å²) in [5, 5.41) is 21.0. The molecule has 0 radical (unpaired) electrons. The smallest absolute Gasteiger partial charge is 0.348 e. The maximum atomic E-state index is 12.7. The van der Waals surface area contributed by atoms with Crippen molar-refractivity contribution in [3.8, 4) is 5.69 Å². The van der Waals surface area contributed by atoms with Crippen LogP contribution in [0.2, 0.25) is 0 Å². The number of aromatic nitrogens is 4. The maximum absolute atomic E-state index is 12.7. The minimum atomic E-state index is -1.73. The standard InChI is InChI=1S/C15H15N5O6/c1-9(21)26-13(15(23)24)12-14(22)19(6-7-25-12)11-3-5-20(18-11)10-2-4-16-17-8-10/h2-5,8,12-13H,6-7H2,1H3,(H,23,24)/t12-,13-/m1/s1. The molecule has 1 aliphatic heterocycles. The number of carbonyl (C=O) groups excluding carboxylic acids is 2. The molecular weight excluding hydrogens is 346 g/mol. The summed E-state index contributed by atoms with van der Waals surface area (Å²) in [6, 6.07) is 3.29. The fourth-order valence-electron chi connectivity index (χ4n) is 2.49. The van der Waals surface area contributed by atoms with E-state index in [-0.39, 0.29) is 13.2 Å². The van der Waals surface area contributed by atoms with Crippen LogP contribution >= 0.6 is 0 Å². The molecule has 0 aliphatic carbocycles. The van der Waals surface area contributed by atoms with Crippen molar-refractivity contribution >= 4 is 23.7 Å². The third-order valence-corrected chi connectivity index (χ3v) is 3.62. The highest BCUT2D eigenvalue weighted by atomic mass is 16.6. The molecule has 11 heteroatoms. The summed E-state index contributed by atoms with van der Waals surface area (Å²) in [5.41, 5.74) is 0.645. The molecule has 0 aromatic carbocycles. The molecule has 1 saturated heterocycles. The van der Waals surface area contributed by atoms with Gasteiger partial charge in [0.25, 0.3) is 5.91 Å². The van der Waals surface area contributed by atoms with Gasteiger partial charge in [-0.15, -0.1) is 5.10 Å². The summed E-state index contributed by atoms with van der Waals surface area (Å²) in [6.07, 6.45) is 1.46. The van der Waals surface area contributed by atoms with E-state index in [0.29, 0.717) is 11.5 Å². The van der Waals surface area contributed by atoms with Gasteiger partial charge in [-0.05, 0) is 6.07 Å². The summed E-state index contributed by atoms with van der Waals surface area (Å²) in [6.45, 7) is 1.32. The van der Waals surface area contributed by atoms with Crippen LogP contribution in [0.15, 0.2) is 30.7 Å². The van der Waals surface area contributed by atoms with Crippen LogP contribution in [0.3, 0.4) is 0 Å². The minimum Gasteiger partial charge on any atom is -0.478 e. The van der Waals surface area contributed by atoms with Gasteiger partial charge >= 0.3 is 11.9 Å². The molecule has 26 heavy (non-hydrogen) atoms. The molecule has 0 unspecified atom stereocenters. The second kappa shape index (κ2) is 7.27. The zero-order valence-electron chi connectivity index (χ0n) is 13.7. The van der Waals surface area contributed by atoms with E-state index in [4.69, 9.17) is 9.47 Å². The lowest BCUT2D eigenvalue weighted by Crippen LogP contribution is -2.55. The number of amides is 1. The van der Waals surface area contributed by atoms with Crippen molar-refractivity contribution in [3.63, 3.8) is 0 Å². The Morgan fingerprint density at radius 2 is 2.19 bits per heavy atom. The molecular formula is C15H15N5O6. The Hall–Kier alpha value is -3.34. The quantitative estimate of drug-likeness (QED) is 0.693. The summed E-state index contributed by atoms with van der Waals surface area (Å²) < 4.78 is 11.5. The molecule has 0 spiro atoms. The number of ether oxygens (including phenoxy) is 2. The Balaban J connectivity index is 1.83. The van der Waals surface area contributed by atoms with Crippen molar-refractivity contribution in [3.05, 3.63) is 30.7 Å². The second-order valence-corrected chi connectivity index (χ2v) is 5.37. The van der Waals surface area contributed by atoms with Crippen molar-refractivity contribution in [1.29, 1.82) is 0 Å². The van der Waals surface area contributed by atoms with E-state index in [2.05, 4.69) is 15.3 Å². The van der Waals surface area contributed by atoms with Gasteiger partial charge in [0.1, 0.15) is 0 Å². The van der Waals surface area contributed by atoms with Gasteiger partial charge in [0, 0.05) is 19.2 Å². The number of carboxylic acids is 1. The Kier molecular flexibility index (Phi) is 4.89. The largest absolute Gasteiger partial charge is 0.478 e. The number of aliphatic carboxylic acids is 1. The summed E-state index contributed by atoms with van der Waals surface area (Å²) >= 11 is 0. The van der Waals surface area contributed by atoms with Gasteiger partial charge in [-0.1, -0.05) is 0 Å². The lowest BCUT2D eigenvalue weighted by molar-refractivity contribution is -0.177. The van der Waals surface area contributed by atoms with E-state index in [0.717, 1.165) is 6.92 Å². The van der Waals surface area contributed by atoms with E-state index in [1.807, 2.05) is 0 Å². The van der Waals surface area contributed by atoms with E-state index < -0.39 is 30.1 Å². The molecule has 2 aromatic rings. The van der Waals surface area contributed by atoms with Crippen LogP contribution in [0.4, 0.5) is 5.82 Å². The minimum absolute atomic E-state index is 0.0745. The molecule has 1 aliphatic rings. The highest BCUT2D eigenvalue weighted by Gasteiger charge is 2.43. The second-order valence-electron chi connectivity index (χ2n) is 5.37. The van der Waals surface area contributed by atoms with Crippen LogP contribution in [0.1, 0.15) is 6.92 Å². The van der Waals surface area contributed by atoms with Crippen LogP contribution in [0.25, 0.3) is 5.69 Å². The first-order valence-corrected chi connectivity index (χ1v) is 7.63. The molecule has 3 rings (SSSR count). The van der Waals surface area contributed by atoms with Crippen molar-refractivity contribution < 1.29 is 29.0 Å². The van der Waals surface area contributed by atoms with E-state index in [9.17, 15) is 19.5 Å². The Bertz CT molecular complexity index is 823. The molecule has 0 bridgehead atoms. The van der Waals surface area contributed by atoms with Crippen LogP contribution in [0, 0.1) is 0 Å². The van der Waals surface area contributed by atoms with Crippen LogP contribution in [0.5, 0.6) is 0 Å². The number of carboxylic acid groups (broad SMARTS) is 1. The average Bonchev–Trinajstić information content (AvgIpc) is 3.10. The normalized spacial score (nSPS) is 18.4. The van der Waals surface area contributed by atoms with Gasteiger partial charge in [0.05, 0.1) is 31.2 Å². The number of morpholine rings is 1. The Labute approximate surface area is 147 Å². The maximum Gasteiger partial charge on any atom is 0.348 e. The van der Waals surface area contributed by atoms with Crippen molar-refractivity contribution in [1.82, 2.24) is 20.0 Å². The average molecular weight is 361 g/mol. The molecule has 2 aromatic heterocycles. The van der Waals surface area contributed by atoms with Crippen molar-refractivity contribution in [2.24, 2.45) is 0 Å². The number of hydrogen-bond acceptors (Lipinski definition) is 8. The zero-order valence-corrected chi connectivity index (χ0v) is 13.7. The van der Waals surface area contributed by atoms with Crippen LogP contribution in [-0.2, 0) is 23.9 Å². The van der Waals surface area contributed by atoms with Crippen LogP contribution < -0.4 is 4.90 Å². The van der Waals surface area contributed by atoms with Gasteiger partial charge in [-0.25, -0.2) is 9.48 Å². The number of hydrogen-bond donors (Lipinski definition) is 1. The van der Waals surface area contributed by atoms with E-state index in [1.54, 1.807) is 18.3 Å². The molecule has 1 fully saturated rings. The highest BCUT2D eigenvalue weighted by Crippen LogP contribution is 2.21. The van der Waals surface area contributed by atoms with Crippen molar-refractivity contribution in [2.75, 3.05) is 18.1 Å². The zero-order chi connectivity index (χ0) is 18.7. The van der Waals surface area contributed by atoms with Crippen LogP contribution in [-0.4, -0.2) is 68.3 Å². The van der Waals surface area contributed by atoms with Gasteiger partial charge in [0.15, 0.2) is 11.9 Å². The van der Waals surface area contributed by atoms with Gasteiger partial charge in [0.2, 0.25) is 6.10 Å². The third-order valence-electron chi connectivity index (χ3n) is 3.62. The molecule has 1 N–H and O–H groups in total. The number of rotatable bonds is 5. The Morgan fingerprint density at radius 3 is 2.85 bits per heavy atom. The summed E-state index contributed by atoms with van der Waals surface area (Å²) in [4.78, 5) is 36.4. The molecule has 2 atom stereocenters. The lowest BCUT2D eigenvalue weighted by atomic mass is 10.1. The highest BCUT2D eigenvalue weighted by molar-refractivity contribution is 5.99. The Morgan fingerprint density at radius 1 is 1.38 bits per heavy atom. The van der Waals surface area contributed by atoms with Gasteiger partial charge < -0.3 is 14.6 Å². The molecule has 0 saturated carbocycles. The van der Waals surface area contributed by atoms with E-state index >= 15 is 0 Å². The SMILES string of the molecule is CC(=O)O[C@@H](C(=O)O)[C@H]1OCCN(c2ccn(-c3ccnnc3)n2)C1=O. The van der Waals surface area contributed by atoms with Gasteiger partial charge in [-0.2, -0.15) is 10.2 Å². The lowest BCUT2D eigenvalue weighted by Gasteiger charge is -2.33. The predicted octanol–water partition coefficient (Wildman–Crippen LogP) is -0.590. The molecule has 136 valence electrons. The first-order chi connectivity index (χ1) is 12.5. The predicted molar refractivity (Wildman–Crippen MR) is 84.4 cm³/mol. The van der Waals surface area contributed by atoms with E-state index in [1.165, 1.54) is 22.0 Å². The molecule has 11 nitrogen and oxygen atoms in total. The fourth-order valence-corrected chi connectivity index (χ4v) is 2.49. The first-order valence-electron chi connectivity index (χ1n) is 7.63. The molecule has 3 heterocycles. The summed E-state index contributed by atoms with van der Waals surface area (Å²) in [7, 11) is 0. The first kappa shape index (κ1) is 17.5. The number of carbonyl (C=O) groups is 3. The number of anilines is 1.